The lowest BCUT2D eigenvalue weighted by Crippen LogP contribution is -2.27. The zero-order valence-electron chi connectivity index (χ0n) is 22.3. The molecule has 2 aromatic heterocycles. The number of sulfone groups is 1. The molecule has 10 heteroatoms. The molecule has 0 fully saturated rings. The molecular weight excluding hydrogens is 512 g/mol. The molecule has 3 aromatic carbocycles. The summed E-state index contributed by atoms with van der Waals surface area (Å²) in [5.74, 6) is 1.58. The monoisotopic (exact) mass is 544 g/mol. The summed E-state index contributed by atoms with van der Waals surface area (Å²) in [5.41, 5.74) is 4.94. The fourth-order valence-electron chi connectivity index (χ4n) is 4.54. The summed E-state index contributed by atoms with van der Waals surface area (Å²) in [6.45, 7) is 1.88. The van der Waals surface area contributed by atoms with Gasteiger partial charge in [0.05, 0.1) is 36.6 Å². The van der Waals surface area contributed by atoms with Gasteiger partial charge in [-0.3, -0.25) is 4.68 Å². The van der Waals surface area contributed by atoms with Crippen LogP contribution in [0, 0.1) is 0 Å². The van der Waals surface area contributed by atoms with Gasteiger partial charge in [0.2, 0.25) is 0 Å². The molecule has 5 aromatic rings. The lowest BCUT2D eigenvalue weighted by atomic mass is 10.1. The number of anilines is 2. The summed E-state index contributed by atoms with van der Waals surface area (Å²) in [5, 5.41) is 9.97. The van der Waals surface area contributed by atoms with Gasteiger partial charge in [-0.05, 0) is 48.9 Å². The first-order valence-corrected chi connectivity index (χ1v) is 14.8. The quantitative estimate of drug-likeness (QED) is 0.263. The van der Waals surface area contributed by atoms with E-state index in [2.05, 4.69) is 50.7 Å². The van der Waals surface area contributed by atoms with E-state index in [-0.39, 0.29) is 5.75 Å². The second-order valence-corrected chi connectivity index (χ2v) is 12.0. The third-order valence-corrected chi connectivity index (χ3v) is 7.65. The lowest BCUT2D eigenvalue weighted by molar-refractivity contribution is 0.353. The minimum atomic E-state index is -3.00. The van der Waals surface area contributed by atoms with E-state index in [9.17, 15) is 8.42 Å². The van der Waals surface area contributed by atoms with Gasteiger partial charge in [-0.15, -0.1) is 0 Å². The van der Waals surface area contributed by atoms with E-state index in [1.54, 1.807) is 13.4 Å². The van der Waals surface area contributed by atoms with Crippen LogP contribution in [0.15, 0.2) is 73.2 Å². The molecule has 5 rings (SSSR count). The fraction of sp³-hybridized carbons (Fsp3) is 0.276. The standard InChI is InChI=1S/C29H32N6O3S/c1-34(13-14-39(3,36)37)12-11-22-16-25-26(17-28(22)38-2)30-20-31-29(25)33-24-9-10-27-23(15-24)18-32-35(27)19-21-7-5-4-6-8-21/h4-10,15-18,20H,11-14,19H2,1-3H3,(H,30,31,33). The normalized spacial score (nSPS) is 11.9. The van der Waals surface area contributed by atoms with Crippen molar-refractivity contribution in [3.63, 3.8) is 0 Å². The van der Waals surface area contributed by atoms with Crippen LogP contribution >= 0.6 is 0 Å². The van der Waals surface area contributed by atoms with Crippen LogP contribution in [-0.4, -0.2) is 72.3 Å². The van der Waals surface area contributed by atoms with Crippen molar-refractivity contribution in [1.29, 1.82) is 0 Å². The number of ether oxygens (including phenoxy) is 1. The molecule has 1 N–H and O–H groups in total. The van der Waals surface area contributed by atoms with Gasteiger partial charge in [-0.2, -0.15) is 5.10 Å². The highest BCUT2D eigenvalue weighted by atomic mass is 32.2. The van der Waals surface area contributed by atoms with Crippen LogP contribution in [0.4, 0.5) is 11.5 Å². The summed E-state index contributed by atoms with van der Waals surface area (Å²) < 4.78 is 30.7. The third kappa shape index (κ3) is 6.52. The van der Waals surface area contributed by atoms with Crippen LogP contribution in [0.25, 0.3) is 21.8 Å². The Morgan fingerprint density at radius 3 is 2.62 bits per heavy atom. The number of hydrogen-bond acceptors (Lipinski definition) is 8. The molecule has 0 aliphatic carbocycles. The number of nitrogens with one attached hydrogen (secondary N) is 1. The smallest absolute Gasteiger partial charge is 0.148 e. The zero-order chi connectivity index (χ0) is 27.4. The zero-order valence-corrected chi connectivity index (χ0v) is 23.1. The molecule has 0 aliphatic rings. The van der Waals surface area contributed by atoms with E-state index in [4.69, 9.17) is 4.74 Å². The number of methoxy groups -OCH3 is 1. The van der Waals surface area contributed by atoms with Crippen LogP contribution in [0.5, 0.6) is 5.75 Å². The first-order valence-electron chi connectivity index (χ1n) is 12.7. The molecule has 0 atom stereocenters. The Hall–Kier alpha value is -4.02. The van der Waals surface area contributed by atoms with E-state index in [1.165, 1.54) is 11.8 Å². The largest absolute Gasteiger partial charge is 0.496 e. The van der Waals surface area contributed by atoms with Gasteiger partial charge >= 0.3 is 0 Å². The first kappa shape index (κ1) is 26.6. The number of nitrogens with zero attached hydrogens (tertiary/aromatic N) is 5. The number of hydrogen-bond donors (Lipinski definition) is 1. The van der Waals surface area contributed by atoms with Gasteiger partial charge < -0.3 is 15.0 Å². The third-order valence-electron chi connectivity index (χ3n) is 6.72. The predicted molar refractivity (Wildman–Crippen MR) is 156 cm³/mol. The van der Waals surface area contributed by atoms with Crippen molar-refractivity contribution in [3.05, 3.63) is 84.3 Å². The van der Waals surface area contributed by atoms with Crippen LogP contribution in [0.3, 0.4) is 0 Å². The van der Waals surface area contributed by atoms with Crippen LogP contribution < -0.4 is 10.1 Å². The Labute approximate surface area is 228 Å². The first-order chi connectivity index (χ1) is 18.8. The predicted octanol–water partition coefficient (Wildman–Crippen LogP) is 4.30. The van der Waals surface area contributed by atoms with Gasteiger partial charge in [0.25, 0.3) is 0 Å². The van der Waals surface area contributed by atoms with Crippen molar-refractivity contribution >= 4 is 43.1 Å². The van der Waals surface area contributed by atoms with E-state index >= 15 is 0 Å². The van der Waals surface area contributed by atoms with E-state index in [1.807, 2.05) is 53.2 Å². The Kier molecular flexibility index (Phi) is 7.76. The van der Waals surface area contributed by atoms with E-state index < -0.39 is 9.84 Å². The van der Waals surface area contributed by atoms with Crippen molar-refractivity contribution in [1.82, 2.24) is 24.6 Å². The minimum absolute atomic E-state index is 0.135. The SMILES string of the molecule is COc1cc2ncnc(Nc3ccc4c(cnn4Cc4ccccc4)c3)c2cc1CCN(C)CCS(C)(=O)=O. The number of likely N-dealkylation sites (N-methyl/N-ethyl adjacent to an activating group) is 1. The molecule has 0 amide bonds. The Bertz CT molecular complexity index is 1700. The maximum atomic E-state index is 11.5. The minimum Gasteiger partial charge on any atom is -0.496 e. The maximum absolute atomic E-state index is 11.5. The molecule has 0 unspecified atom stereocenters. The summed E-state index contributed by atoms with van der Waals surface area (Å²) in [4.78, 5) is 11.0. The lowest BCUT2D eigenvalue weighted by Gasteiger charge is -2.18. The van der Waals surface area contributed by atoms with Crippen molar-refractivity contribution in [3.8, 4) is 5.75 Å². The van der Waals surface area contributed by atoms with Gasteiger partial charge in [0.1, 0.15) is 27.7 Å². The van der Waals surface area contributed by atoms with Gasteiger partial charge in [-0.1, -0.05) is 30.3 Å². The highest BCUT2D eigenvalue weighted by Crippen LogP contribution is 2.31. The van der Waals surface area contributed by atoms with Crippen LogP contribution in [-0.2, 0) is 22.8 Å². The summed E-state index contributed by atoms with van der Waals surface area (Å²) in [6, 6.07) is 20.4. The molecule has 202 valence electrons. The van der Waals surface area contributed by atoms with Crippen molar-refractivity contribution in [2.24, 2.45) is 0 Å². The van der Waals surface area contributed by atoms with Crippen molar-refractivity contribution < 1.29 is 13.2 Å². The molecule has 2 heterocycles. The number of rotatable bonds is 11. The topological polar surface area (TPSA) is 102 Å². The van der Waals surface area contributed by atoms with Gasteiger partial charge in [0, 0.05) is 41.9 Å². The van der Waals surface area contributed by atoms with E-state index in [0.717, 1.165) is 38.8 Å². The molecule has 0 saturated heterocycles. The van der Waals surface area contributed by atoms with Gasteiger partial charge in [-0.25, -0.2) is 18.4 Å². The summed E-state index contributed by atoms with van der Waals surface area (Å²) >= 11 is 0. The molecule has 0 saturated carbocycles. The molecule has 0 radical (unpaired) electrons. The Morgan fingerprint density at radius 1 is 1.03 bits per heavy atom. The molecule has 0 spiro atoms. The Morgan fingerprint density at radius 2 is 1.85 bits per heavy atom. The molecule has 0 aliphatic heterocycles. The molecule has 39 heavy (non-hydrogen) atoms. The highest BCUT2D eigenvalue weighted by Gasteiger charge is 2.13. The summed E-state index contributed by atoms with van der Waals surface area (Å²) in [6.07, 6.45) is 5.38. The van der Waals surface area contributed by atoms with Crippen LogP contribution in [0.2, 0.25) is 0 Å². The maximum Gasteiger partial charge on any atom is 0.148 e. The summed E-state index contributed by atoms with van der Waals surface area (Å²) in [7, 11) is 0.565. The van der Waals surface area contributed by atoms with Gasteiger partial charge in [0.15, 0.2) is 0 Å². The number of aromatic nitrogens is 4. The molecule has 9 nitrogen and oxygen atoms in total. The molecular formula is C29H32N6O3S. The second kappa shape index (κ2) is 11.4. The number of fused-ring (bicyclic) bond motifs is 2. The van der Waals surface area contributed by atoms with Crippen molar-refractivity contribution in [2.75, 3.05) is 44.6 Å². The fourth-order valence-corrected chi connectivity index (χ4v) is 5.19. The highest BCUT2D eigenvalue weighted by molar-refractivity contribution is 7.90. The number of benzene rings is 3. The Balaban J connectivity index is 1.37. The average molecular weight is 545 g/mol. The average Bonchev–Trinajstić information content (AvgIpc) is 3.32. The molecule has 0 bridgehead atoms. The van der Waals surface area contributed by atoms with Crippen molar-refractivity contribution in [2.45, 2.75) is 13.0 Å². The second-order valence-electron chi connectivity index (χ2n) is 9.77. The van der Waals surface area contributed by atoms with E-state index in [0.29, 0.717) is 31.9 Å². The van der Waals surface area contributed by atoms with Crippen LogP contribution in [0.1, 0.15) is 11.1 Å².